The van der Waals surface area contributed by atoms with Crippen LogP contribution in [0.2, 0.25) is 0 Å². The van der Waals surface area contributed by atoms with E-state index >= 15 is 0 Å². The lowest BCUT2D eigenvalue weighted by Gasteiger charge is -2.18. The highest BCUT2D eigenvalue weighted by Gasteiger charge is 2.19. The lowest BCUT2D eigenvalue weighted by Crippen LogP contribution is -2.30. The van der Waals surface area contributed by atoms with Crippen LogP contribution in [0.15, 0.2) is 109 Å². The van der Waals surface area contributed by atoms with Gasteiger partial charge in [-0.25, -0.2) is 0 Å². The molecule has 0 spiro atoms. The predicted molar refractivity (Wildman–Crippen MR) is 348 cm³/mol. The lowest BCUT2D eigenvalue weighted by atomic mass is 10.0. The van der Waals surface area contributed by atoms with Gasteiger partial charge in [-0.05, 0) is 122 Å². The van der Waals surface area contributed by atoms with Gasteiger partial charge in [-0.2, -0.15) is 0 Å². The zero-order chi connectivity index (χ0) is 57.8. The number of hydrogen-bond acceptors (Lipinski definition) is 6. The Morgan fingerprint density at radius 3 is 0.800 bits per heavy atom. The van der Waals surface area contributed by atoms with E-state index in [1.807, 2.05) is 0 Å². The summed E-state index contributed by atoms with van der Waals surface area (Å²) in [4.78, 5) is 38.4. The summed E-state index contributed by atoms with van der Waals surface area (Å²) in [6.07, 6.45) is 92.5. The minimum Gasteiger partial charge on any atom is -0.462 e. The zero-order valence-corrected chi connectivity index (χ0v) is 52.6. The Morgan fingerprint density at radius 2 is 0.500 bits per heavy atom. The average molecular weight is 1110 g/mol. The molecule has 0 aliphatic rings. The number of rotatable bonds is 61. The molecule has 0 bridgehead atoms. The summed E-state index contributed by atoms with van der Waals surface area (Å²) in [6.45, 7) is 6.48. The van der Waals surface area contributed by atoms with Crippen LogP contribution in [0.3, 0.4) is 0 Å². The van der Waals surface area contributed by atoms with Crippen molar-refractivity contribution in [2.24, 2.45) is 0 Å². The zero-order valence-electron chi connectivity index (χ0n) is 52.6. The van der Waals surface area contributed by atoms with E-state index in [2.05, 4.69) is 130 Å². The first kappa shape index (κ1) is 76.1. The maximum atomic E-state index is 12.9. The first-order chi connectivity index (χ1) is 39.5. The number of carbonyl (C=O) groups is 3. The topological polar surface area (TPSA) is 78.9 Å². The molecular weight excluding hydrogens is 985 g/mol. The standard InChI is InChI=1S/C74H126O6/c1-4-7-10-13-16-19-22-25-28-30-32-33-34-35-36-37-38-39-40-41-43-44-46-49-52-55-58-61-64-67-73(76)79-70-71(69-78-72(75)66-63-60-57-54-51-48-27-24-21-18-15-12-9-6-3)80-74(77)68-65-62-59-56-53-50-47-45-42-31-29-26-23-20-17-14-11-8-5-2/h8,11,15,17-18,20,22,24-27,29-30,32,34-35,42,45,71H,4-7,9-10,12-14,16,19,21,23,28,31,33,36-41,43-44,46-70H2,1-3H3/b11-8-,18-15-,20-17-,25-22-,27-24-,29-26-,32-30-,35-34-,45-42-. The monoisotopic (exact) mass is 1110 g/mol. The number of ether oxygens (including phenoxy) is 3. The molecule has 1 atom stereocenters. The fourth-order valence-electron chi connectivity index (χ4n) is 9.40. The number of unbranched alkanes of at least 4 members (excludes halogenated alkanes) is 32. The van der Waals surface area contributed by atoms with Crippen molar-refractivity contribution in [1.82, 2.24) is 0 Å². The average Bonchev–Trinajstić information content (AvgIpc) is 3.46. The molecule has 0 heterocycles. The summed E-state index contributed by atoms with van der Waals surface area (Å²) in [6, 6.07) is 0. The van der Waals surface area contributed by atoms with Gasteiger partial charge in [-0.3, -0.25) is 14.4 Å². The largest absolute Gasteiger partial charge is 0.462 e. The minimum absolute atomic E-state index is 0.0887. The second kappa shape index (κ2) is 67.6. The van der Waals surface area contributed by atoms with Crippen molar-refractivity contribution in [2.45, 2.75) is 329 Å². The Bertz CT molecular complexity index is 1610. The van der Waals surface area contributed by atoms with Crippen molar-refractivity contribution in [3.63, 3.8) is 0 Å². The molecule has 80 heavy (non-hydrogen) atoms. The van der Waals surface area contributed by atoms with E-state index < -0.39 is 6.10 Å². The number of esters is 3. The van der Waals surface area contributed by atoms with Crippen LogP contribution in [0.4, 0.5) is 0 Å². The highest BCUT2D eigenvalue weighted by atomic mass is 16.6. The molecule has 0 fully saturated rings. The molecule has 0 saturated carbocycles. The molecule has 1 unspecified atom stereocenters. The van der Waals surface area contributed by atoms with Crippen LogP contribution in [0, 0.1) is 0 Å². The molecule has 0 aromatic rings. The number of hydrogen-bond donors (Lipinski definition) is 0. The molecule has 6 nitrogen and oxygen atoms in total. The number of allylic oxidation sites excluding steroid dienone is 18. The quantitative estimate of drug-likeness (QED) is 0.0261. The Kier molecular flexibility index (Phi) is 64.3. The summed E-state index contributed by atoms with van der Waals surface area (Å²) in [5.41, 5.74) is 0. The molecule has 0 aliphatic carbocycles. The third-order valence-corrected chi connectivity index (χ3v) is 14.5. The Balaban J connectivity index is 4.30. The van der Waals surface area contributed by atoms with Gasteiger partial charge in [0.1, 0.15) is 13.2 Å². The van der Waals surface area contributed by atoms with Crippen LogP contribution in [-0.2, 0) is 28.6 Å². The third kappa shape index (κ3) is 64.9. The summed E-state index contributed by atoms with van der Waals surface area (Å²) in [7, 11) is 0. The summed E-state index contributed by atoms with van der Waals surface area (Å²) >= 11 is 0. The Morgan fingerprint density at radius 1 is 0.263 bits per heavy atom. The van der Waals surface area contributed by atoms with Crippen LogP contribution >= 0.6 is 0 Å². The summed E-state index contributed by atoms with van der Waals surface area (Å²) in [5.74, 6) is -0.909. The molecule has 458 valence electrons. The van der Waals surface area contributed by atoms with Crippen molar-refractivity contribution >= 4 is 17.9 Å². The normalized spacial score (nSPS) is 12.8. The molecule has 0 aromatic carbocycles. The van der Waals surface area contributed by atoms with Crippen LogP contribution in [-0.4, -0.2) is 37.2 Å². The maximum absolute atomic E-state index is 12.9. The molecule has 0 rings (SSSR count). The van der Waals surface area contributed by atoms with Crippen molar-refractivity contribution in [1.29, 1.82) is 0 Å². The molecule has 0 N–H and O–H groups in total. The van der Waals surface area contributed by atoms with Gasteiger partial charge in [-0.1, -0.05) is 291 Å². The fourth-order valence-corrected chi connectivity index (χ4v) is 9.40. The van der Waals surface area contributed by atoms with E-state index in [4.69, 9.17) is 14.2 Å². The third-order valence-electron chi connectivity index (χ3n) is 14.5. The SMILES string of the molecule is CC/C=C\C/C=C\C/C=C\C/C=C\CCCCCCCCC(=O)OC(COC(=O)CCCCCCC/C=C\C/C=C\CCCC)COC(=O)CCCCCCCCCCCCCCCC/C=C\C/C=C\C/C=C\CCCCCCC. The van der Waals surface area contributed by atoms with E-state index in [1.54, 1.807) is 0 Å². The van der Waals surface area contributed by atoms with Crippen LogP contribution in [0.5, 0.6) is 0 Å². The van der Waals surface area contributed by atoms with Gasteiger partial charge < -0.3 is 14.2 Å². The van der Waals surface area contributed by atoms with Crippen molar-refractivity contribution < 1.29 is 28.6 Å². The highest BCUT2D eigenvalue weighted by Crippen LogP contribution is 2.16. The van der Waals surface area contributed by atoms with Crippen molar-refractivity contribution in [3.8, 4) is 0 Å². The molecule has 0 aromatic heterocycles. The molecular formula is C74H126O6. The first-order valence-electron chi connectivity index (χ1n) is 33.9. The van der Waals surface area contributed by atoms with Gasteiger partial charge in [-0.15, -0.1) is 0 Å². The van der Waals surface area contributed by atoms with E-state index in [0.29, 0.717) is 19.3 Å². The highest BCUT2D eigenvalue weighted by molar-refractivity contribution is 5.71. The fraction of sp³-hybridized carbons (Fsp3) is 0.716. The summed E-state index contributed by atoms with van der Waals surface area (Å²) < 4.78 is 16.9. The van der Waals surface area contributed by atoms with E-state index in [0.717, 1.165) is 135 Å². The van der Waals surface area contributed by atoms with Gasteiger partial charge in [0, 0.05) is 19.3 Å². The van der Waals surface area contributed by atoms with Gasteiger partial charge in [0.05, 0.1) is 0 Å². The van der Waals surface area contributed by atoms with Gasteiger partial charge in [0.2, 0.25) is 0 Å². The van der Waals surface area contributed by atoms with E-state index in [9.17, 15) is 14.4 Å². The van der Waals surface area contributed by atoms with Gasteiger partial charge >= 0.3 is 17.9 Å². The van der Waals surface area contributed by atoms with Crippen LogP contribution in [0.1, 0.15) is 323 Å². The van der Waals surface area contributed by atoms with E-state index in [-0.39, 0.29) is 31.1 Å². The molecule has 0 saturated heterocycles. The number of carbonyl (C=O) groups excluding carboxylic acids is 3. The van der Waals surface area contributed by atoms with Crippen molar-refractivity contribution in [3.05, 3.63) is 109 Å². The summed E-state index contributed by atoms with van der Waals surface area (Å²) in [5, 5.41) is 0. The molecule has 6 heteroatoms. The van der Waals surface area contributed by atoms with Crippen LogP contribution < -0.4 is 0 Å². The first-order valence-corrected chi connectivity index (χ1v) is 33.9. The van der Waals surface area contributed by atoms with Crippen LogP contribution in [0.25, 0.3) is 0 Å². The van der Waals surface area contributed by atoms with Gasteiger partial charge in [0.15, 0.2) is 6.10 Å². The van der Waals surface area contributed by atoms with Crippen molar-refractivity contribution in [2.75, 3.05) is 13.2 Å². The lowest BCUT2D eigenvalue weighted by molar-refractivity contribution is -0.167. The molecule has 0 amide bonds. The Hall–Kier alpha value is -3.93. The molecule has 0 aliphatic heterocycles. The minimum atomic E-state index is -0.795. The van der Waals surface area contributed by atoms with E-state index in [1.165, 1.54) is 148 Å². The maximum Gasteiger partial charge on any atom is 0.306 e. The van der Waals surface area contributed by atoms with Gasteiger partial charge in [0.25, 0.3) is 0 Å². The predicted octanol–water partition coefficient (Wildman–Crippen LogP) is 23.4. The second-order valence-electron chi connectivity index (χ2n) is 22.3. The smallest absolute Gasteiger partial charge is 0.306 e. The Labute approximate surface area is 495 Å². The second-order valence-corrected chi connectivity index (χ2v) is 22.3. The molecule has 0 radical (unpaired) electrons.